The molecule has 1 aromatic rings. The fraction of sp³-hybridized carbons (Fsp3) is 0.500. The van der Waals surface area contributed by atoms with E-state index >= 15 is 0 Å². The standard InChI is InChI=1S/C12H18Br2N2O3S/c1-19-6-4-2-3-5-16-20(17,18)12-10(13)7-9(15)8-11(12)14/h7-8,16H,2-6,15H2,1H3. The lowest BCUT2D eigenvalue weighted by Crippen LogP contribution is -2.25. The minimum atomic E-state index is -3.56. The molecular weight excluding hydrogens is 412 g/mol. The number of unbranched alkanes of at least 4 members (excludes halogenated alkanes) is 2. The number of hydrogen-bond acceptors (Lipinski definition) is 4. The normalized spacial score (nSPS) is 11.8. The van der Waals surface area contributed by atoms with Gasteiger partial charge in [0.1, 0.15) is 4.90 Å². The van der Waals surface area contributed by atoms with Gasteiger partial charge in [-0.3, -0.25) is 0 Å². The Balaban J connectivity index is 2.66. The molecule has 0 unspecified atom stereocenters. The number of nitrogens with two attached hydrogens (primary N) is 1. The lowest BCUT2D eigenvalue weighted by molar-refractivity contribution is 0.192. The summed E-state index contributed by atoms with van der Waals surface area (Å²) in [6, 6.07) is 3.13. The zero-order valence-electron chi connectivity index (χ0n) is 11.2. The quantitative estimate of drug-likeness (QED) is 0.491. The highest BCUT2D eigenvalue weighted by molar-refractivity contribution is 9.11. The van der Waals surface area contributed by atoms with Crippen molar-refractivity contribution in [2.75, 3.05) is 26.0 Å². The fourth-order valence-corrected chi connectivity index (χ4v) is 5.35. The first-order valence-electron chi connectivity index (χ1n) is 6.11. The smallest absolute Gasteiger partial charge is 0.242 e. The molecule has 0 aliphatic rings. The van der Waals surface area contributed by atoms with Gasteiger partial charge in [0, 0.05) is 34.9 Å². The first-order valence-corrected chi connectivity index (χ1v) is 9.18. The third-order valence-electron chi connectivity index (χ3n) is 2.61. The molecule has 5 nitrogen and oxygen atoms in total. The Hall–Kier alpha value is -0.150. The maximum Gasteiger partial charge on any atom is 0.242 e. The lowest BCUT2D eigenvalue weighted by atomic mass is 10.2. The third kappa shape index (κ3) is 5.33. The summed E-state index contributed by atoms with van der Waals surface area (Å²) in [4.78, 5) is 0.170. The van der Waals surface area contributed by atoms with Gasteiger partial charge in [0.25, 0.3) is 0 Å². The van der Waals surface area contributed by atoms with Crippen LogP contribution >= 0.6 is 31.9 Å². The highest BCUT2D eigenvalue weighted by atomic mass is 79.9. The Morgan fingerprint density at radius 1 is 1.20 bits per heavy atom. The Morgan fingerprint density at radius 3 is 2.35 bits per heavy atom. The van der Waals surface area contributed by atoms with Crippen molar-refractivity contribution in [1.82, 2.24) is 4.72 Å². The molecule has 1 rings (SSSR count). The van der Waals surface area contributed by atoms with Crippen LogP contribution in [0.5, 0.6) is 0 Å². The van der Waals surface area contributed by atoms with Crippen molar-refractivity contribution in [2.45, 2.75) is 24.2 Å². The predicted molar refractivity (Wildman–Crippen MR) is 87.2 cm³/mol. The van der Waals surface area contributed by atoms with Crippen LogP contribution in [0.1, 0.15) is 19.3 Å². The van der Waals surface area contributed by atoms with Gasteiger partial charge in [-0.25, -0.2) is 13.1 Å². The molecular formula is C12H18Br2N2O3S. The van der Waals surface area contributed by atoms with Gasteiger partial charge in [0.05, 0.1) is 0 Å². The average molecular weight is 430 g/mol. The summed E-state index contributed by atoms with van der Waals surface area (Å²) >= 11 is 6.46. The van der Waals surface area contributed by atoms with E-state index < -0.39 is 10.0 Å². The molecule has 0 atom stereocenters. The molecule has 0 amide bonds. The summed E-state index contributed by atoms with van der Waals surface area (Å²) in [6.07, 6.45) is 2.61. The summed E-state index contributed by atoms with van der Waals surface area (Å²) in [5, 5.41) is 0. The van der Waals surface area contributed by atoms with Crippen LogP contribution in [0.15, 0.2) is 26.0 Å². The van der Waals surface area contributed by atoms with Crippen molar-refractivity contribution in [3.63, 3.8) is 0 Å². The van der Waals surface area contributed by atoms with E-state index in [4.69, 9.17) is 10.5 Å². The lowest BCUT2D eigenvalue weighted by Gasteiger charge is -2.11. The number of sulfonamides is 1. The Bertz CT molecular complexity index is 527. The van der Waals surface area contributed by atoms with Crippen molar-refractivity contribution >= 4 is 47.6 Å². The Labute approximate surface area is 136 Å². The molecule has 0 radical (unpaired) electrons. The maximum atomic E-state index is 12.2. The van der Waals surface area contributed by atoms with Gasteiger partial charge < -0.3 is 10.5 Å². The zero-order chi connectivity index (χ0) is 15.2. The summed E-state index contributed by atoms with van der Waals surface area (Å²) in [6.45, 7) is 1.09. The largest absolute Gasteiger partial charge is 0.399 e. The van der Waals surface area contributed by atoms with E-state index in [0.29, 0.717) is 27.8 Å². The van der Waals surface area contributed by atoms with Crippen molar-refractivity contribution in [3.8, 4) is 0 Å². The van der Waals surface area contributed by atoms with Crippen molar-refractivity contribution in [3.05, 3.63) is 21.1 Å². The number of ether oxygens (including phenoxy) is 1. The predicted octanol–water partition coefficient (Wildman–Crippen LogP) is 2.89. The number of rotatable bonds is 8. The van der Waals surface area contributed by atoms with Crippen LogP contribution in [0.25, 0.3) is 0 Å². The molecule has 0 spiro atoms. The molecule has 1 aromatic carbocycles. The van der Waals surface area contributed by atoms with Crippen LogP contribution in [0.2, 0.25) is 0 Å². The molecule has 0 saturated heterocycles. The van der Waals surface area contributed by atoms with Crippen LogP contribution in [-0.4, -0.2) is 28.7 Å². The third-order valence-corrected chi connectivity index (χ3v) is 5.94. The van der Waals surface area contributed by atoms with Crippen molar-refractivity contribution < 1.29 is 13.2 Å². The number of halogens is 2. The molecule has 3 N–H and O–H groups in total. The molecule has 0 saturated carbocycles. The average Bonchev–Trinajstić information content (AvgIpc) is 2.31. The van der Waals surface area contributed by atoms with Crippen molar-refractivity contribution in [2.24, 2.45) is 0 Å². The maximum absolute atomic E-state index is 12.2. The molecule has 8 heteroatoms. The van der Waals surface area contributed by atoms with E-state index in [1.165, 1.54) is 0 Å². The number of anilines is 1. The Morgan fingerprint density at radius 2 is 1.80 bits per heavy atom. The first kappa shape index (κ1) is 17.9. The second kappa shape index (κ2) is 8.33. The molecule has 0 bridgehead atoms. The summed E-state index contributed by atoms with van der Waals surface area (Å²) in [5.41, 5.74) is 6.14. The summed E-state index contributed by atoms with van der Waals surface area (Å²) < 4.78 is 32.9. The Kier molecular flexibility index (Phi) is 7.46. The molecule has 20 heavy (non-hydrogen) atoms. The number of nitrogen functional groups attached to an aromatic ring is 1. The molecule has 0 fully saturated rings. The number of nitrogens with one attached hydrogen (secondary N) is 1. The highest BCUT2D eigenvalue weighted by Gasteiger charge is 2.21. The topological polar surface area (TPSA) is 81.4 Å². The van der Waals surface area contributed by atoms with Crippen LogP contribution in [-0.2, 0) is 14.8 Å². The highest BCUT2D eigenvalue weighted by Crippen LogP contribution is 2.32. The van der Waals surface area contributed by atoms with Gasteiger partial charge in [-0.05, 0) is 63.3 Å². The van der Waals surface area contributed by atoms with Gasteiger partial charge in [0.15, 0.2) is 0 Å². The second-order valence-corrected chi connectivity index (χ2v) is 7.68. The molecule has 114 valence electrons. The molecule has 0 aliphatic heterocycles. The van der Waals surface area contributed by atoms with Crippen LogP contribution in [0, 0.1) is 0 Å². The van der Waals surface area contributed by atoms with Crippen molar-refractivity contribution in [1.29, 1.82) is 0 Å². The van der Waals surface area contributed by atoms with Crippen LogP contribution in [0.3, 0.4) is 0 Å². The molecule has 0 aromatic heterocycles. The number of hydrogen-bond donors (Lipinski definition) is 2. The monoisotopic (exact) mass is 428 g/mol. The van der Waals surface area contributed by atoms with E-state index in [-0.39, 0.29) is 4.90 Å². The molecule has 0 heterocycles. The molecule has 0 aliphatic carbocycles. The second-order valence-electron chi connectivity index (χ2n) is 4.26. The van der Waals surface area contributed by atoms with Gasteiger partial charge in [0.2, 0.25) is 10.0 Å². The van der Waals surface area contributed by atoms with E-state index in [0.717, 1.165) is 19.3 Å². The van der Waals surface area contributed by atoms with Crippen LogP contribution in [0.4, 0.5) is 5.69 Å². The van der Waals surface area contributed by atoms with Gasteiger partial charge in [-0.1, -0.05) is 0 Å². The first-order chi connectivity index (χ1) is 9.38. The zero-order valence-corrected chi connectivity index (χ0v) is 15.1. The van der Waals surface area contributed by atoms with Crippen LogP contribution < -0.4 is 10.5 Å². The van der Waals surface area contributed by atoms with E-state index in [1.54, 1.807) is 19.2 Å². The number of methoxy groups -OCH3 is 1. The summed E-state index contributed by atoms with van der Waals surface area (Å²) in [7, 11) is -1.91. The van der Waals surface area contributed by atoms with E-state index in [9.17, 15) is 8.42 Å². The van der Waals surface area contributed by atoms with Gasteiger partial charge in [-0.15, -0.1) is 0 Å². The van der Waals surface area contributed by atoms with Gasteiger partial charge in [-0.2, -0.15) is 0 Å². The number of benzene rings is 1. The van der Waals surface area contributed by atoms with E-state index in [1.807, 2.05) is 0 Å². The minimum absolute atomic E-state index is 0.170. The van der Waals surface area contributed by atoms with Gasteiger partial charge >= 0.3 is 0 Å². The SMILES string of the molecule is COCCCCCNS(=O)(=O)c1c(Br)cc(N)cc1Br. The fourth-order valence-electron chi connectivity index (χ4n) is 1.66. The van der Waals surface area contributed by atoms with E-state index in [2.05, 4.69) is 36.6 Å². The summed E-state index contributed by atoms with van der Waals surface area (Å²) in [5.74, 6) is 0. The minimum Gasteiger partial charge on any atom is -0.399 e.